The lowest BCUT2D eigenvalue weighted by Gasteiger charge is -2.00. The highest BCUT2D eigenvalue weighted by atomic mass is 32.2. The monoisotopic (exact) mass is 243 g/mol. The van der Waals surface area contributed by atoms with E-state index in [0.29, 0.717) is 0 Å². The summed E-state index contributed by atoms with van der Waals surface area (Å²) in [5, 5.41) is 11.9. The van der Waals surface area contributed by atoms with Crippen LogP contribution in [0.15, 0.2) is 35.5 Å². The fourth-order valence-corrected chi connectivity index (χ4v) is 1.13. The van der Waals surface area contributed by atoms with Crippen LogP contribution in [0.2, 0.25) is 0 Å². The minimum absolute atomic E-state index is 0.263. The minimum Gasteiger partial charge on any atom is -0.476 e. The van der Waals surface area contributed by atoms with Crippen LogP contribution in [-0.4, -0.2) is 31.5 Å². The highest BCUT2D eigenvalue weighted by Gasteiger charge is 2.14. The molecular formula is C9H9NO5S. The molecule has 0 bridgehead atoms. The van der Waals surface area contributed by atoms with Crippen LogP contribution in [0.5, 0.6) is 0 Å². The Morgan fingerprint density at radius 3 is 2.31 bits per heavy atom. The molecule has 6 nitrogen and oxygen atoms in total. The molecule has 0 radical (unpaired) electrons. The van der Waals surface area contributed by atoms with Crippen molar-refractivity contribution in [2.24, 2.45) is 5.16 Å². The predicted octanol–water partition coefficient (Wildman–Crippen LogP) is 0.451. The Labute approximate surface area is 92.3 Å². The number of benzene rings is 1. The zero-order valence-electron chi connectivity index (χ0n) is 8.32. The normalized spacial score (nSPS) is 12.2. The highest BCUT2D eigenvalue weighted by molar-refractivity contribution is 7.85. The highest BCUT2D eigenvalue weighted by Crippen LogP contribution is 2.03. The largest absolute Gasteiger partial charge is 0.476 e. The first-order valence-corrected chi connectivity index (χ1v) is 5.97. The summed E-state index contributed by atoms with van der Waals surface area (Å²) in [7, 11) is -3.81. The van der Waals surface area contributed by atoms with Gasteiger partial charge in [-0.2, -0.15) is 8.42 Å². The molecule has 0 atom stereocenters. The van der Waals surface area contributed by atoms with E-state index in [1.54, 1.807) is 18.2 Å². The summed E-state index contributed by atoms with van der Waals surface area (Å²) in [4.78, 5) is 10.8. The quantitative estimate of drug-likeness (QED) is 0.612. The second kappa shape index (κ2) is 4.75. The molecule has 0 unspecified atom stereocenters. The van der Waals surface area contributed by atoms with Crippen LogP contribution < -0.4 is 0 Å². The van der Waals surface area contributed by atoms with Crippen molar-refractivity contribution in [2.75, 3.05) is 6.26 Å². The maximum absolute atomic E-state index is 10.8. The summed E-state index contributed by atoms with van der Waals surface area (Å²) >= 11 is 0. The van der Waals surface area contributed by atoms with Crippen molar-refractivity contribution >= 4 is 21.8 Å². The Morgan fingerprint density at radius 2 is 1.88 bits per heavy atom. The number of hydrogen-bond acceptors (Lipinski definition) is 5. The van der Waals surface area contributed by atoms with Gasteiger partial charge in [0.25, 0.3) is 0 Å². The van der Waals surface area contributed by atoms with E-state index in [2.05, 4.69) is 9.44 Å². The van der Waals surface area contributed by atoms with Crippen LogP contribution in [0.3, 0.4) is 0 Å². The molecule has 0 aliphatic carbocycles. The molecule has 1 N–H and O–H groups in total. The second-order valence-corrected chi connectivity index (χ2v) is 4.45. The summed E-state index contributed by atoms with van der Waals surface area (Å²) in [5.74, 6) is -1.37. The molecule has 0 aliphatic heterocycles. The van der Waals surface area contributed by atoms with E-state index in [-0.39, 0.29) is 5.56 Å². The standard InChI is InChI=1S/C9H9NO5S/c1-16(13,14)15-10-8(9(11)12)7-5-3-2-4-6-7/h2-6H,1H3,(H,11,12). The van der Waals surface area contributed by atoms with E-state index in [9.17, 15) is 13.2 Å². The van der Waals surface area contributed by atoms with Crippen molar-refractivity contribution in [2.45, 2.75) is 0 Å². The van der Waals surface area contributed by atoms with Crippen molar-refractivity contribution in [1.82, 2.24) is 0 Å². The molecule has 0 saturated carbocycles. The van der Waals surface area contributed by atoms with Gasteiger partial charge in [-0.15, -0.1) is 0 Å². The summed E-state index contributed by atoms with van der Waals surface area (Å²) in [5.41, 5.74) is -0.204. The Hall–Kier alpha value is -1.89. The molecule has 0 amide bonds. The molecule has 0 fully saturated rings. The first-order chi connectivity index (χ1) is 7.40. The number of nitrogens with zero attached hydrogens (tertiary/aromatic N) is 1. The lowest BCUT2D eigenvalue weighted by molar-refractivity contribution is -0.129. The minimum atomic E-state index is -3.81. The van der Waals surface area contributed by atoms with E-state index < -0.39 is 21.8 Å². The molecule has 7 heteroatoms. The fraction of sp³-hybridized carbons (Fsp3) is 0.111. The Kier molecular flexibility index (Phi) is 3.62. The van der Waals surface area contributed by atoms with Gasteiger partial charge in [0.2, 0.25) is 0 Å². The summed E-state index contributed by atoms with van der Waals surface area (Å²) in [6.07, 6.45) is 0.779. The average molecular weight is 243 g/mol. The maximum atomic E-state index is 10.8. The number of carboxylic acids is 1. The molecule has 16 heavy (non-hydrogen) atoms. The lowest BCUT2D eigenvalue weighted by atomic mass is 10.1. The second-order valence-electron chi connectivity index (χ2n) is 2.89. The first-order valence-electron chi connectivity index (χ1n) is 4.15. The summed E-state index contributed by atoms with van der Waals surface area (Å²) in [6, 6.07) is 7.88. The Balaban J connectivity index is 3.07. The number of aliphatic carboxylic acids is 1. The fourth-order valence-electron chi connectivity index (χ4n) is 0.916. The Bertz CT molecular complexity index is 506. The third-order valence-corrected chi connectivity index (χ3v) is 1.86. The van der Waals surface area contributed by atoms with Crippen molar-refractivity contribution in [3.05, 3.63) is 35.9 Å². The molecule has 0 spiro atoms. The molecule has 1 rings (SSSR count). The van der Waals surface area contributed by atoms with Gasteiger partial charge in [0, 0.05) is 5.56 Å². The third-order valence-electron chi connectivity index (χ3n) is 1.51. The van der Waals surface area contributed by atoms with Gasteiger partial charge in [0.15, 0.2) is 5.71 Å². The molecule has 1 aromatic carbocycles. The van der Waals surface area contributed by atoms with E-state index in [1.807, 2.05) is 0 Å². The third kappa shape index (κ3) is 3.70. The van der Waals surface area contributed by atoms with Gasteiger partial charge < -0.3 is 5.11 Å². The maximum Gasteiger partial charge on any atom is 0.358 e. The van der Waals surface area contributed by atoms with Crippen LogP contribution in [0, 0.1) is 0 Å². The zero-order valence-corrected chi connectivity index (χ0v) is 9.14. The number of hydrogen-bond donors (Lipinski definition) is 1. The van der Waals surface area contributed by atoms with Gasteiger partial charge in [-0.1, -0.05) is 35.5 Å². The Morgan fingerprint density at radius 1 is 1.31 bits per heavy atom. The zero-order chi connectivity index (χ0) is 12.2. The van der Waals surface area contributed by atoms with E-state index in [0.717, 1.165) is 6.26 Å². The molecule has 0 heterocycles. The number of rotatable bonds is 4. The van der Waals surface area contributed by atoms with Gasteiger partial charge >= 0.3 is 16.1 Å². The summed E-state index contributed by atoms with van der Waals surface area (Å²) < 4.78 is 25.4. The SMILES string of the molecule is CS(=O)(=O)ON=C(C(=O)O)c1ccccc1. The molecule has 0 saturated heterocycles. The predicted molar refractivity (Wildman–Crippen MR) is 56.5 cm³/mol. The van der Waals surface area contributed by atoms with Gasteiger partial charge in [-0.25, -0.2) is 4.79 Å². The first kappa shape index (κ1) is 12.2. The molecule has 86 valence electrons. The molecule has 0 aromatic heterocycles. The average Bonchev–Trinajstić information content (AvgIpc) is 2.17. The number of oxime groups is 1. The van der Waals surface area contributed by atoms with Crippen LogP contribution >= 0.6 is 0 Å². The van der Waals surface area contributed by atoms with Crippen LogP contribution in [-0.2, 0) is 19.2 Å². The topological polar surface area (TPSA) is 93.0 Å². The lowest BCUT2D eigenvalue weighted by Crippen LogP contribution is -2.15. The van der Waals surface area contributed by atoms with Crippen LogP contribution in [0.25, 0.3) is 0 Å². The van der Waals surface area contributed by atoms with E-state index in [1.165, 1.54) is 12.1 Å². The number of carboxylic acid groups (broad SMARTS) is 1. The van der Waals surface area contributed by atoms with Crippen molar-refractivity contribution in [1.29, 1.82) is 0 Å². The van der Waals surface area contributed by atoms with Gasteiger partial charge in [-0.05, 0) is 0 Å². The van der Waals surface area contributed by atoms with Gasteiger partial charge in [-0.3, -0.25) is 4.28 Å². The van der Waals surface area contributed by atoms with Gasteiger partial charge in [0.05, 0.1) is 6.26 Å². The number of carbonyl (C=O) groups is 1. The van der Waals surface area contributed by atoms with E-state index in [4.69, 9.17) is 5.11 Å². The smallest absolute Gasteiger partial charge is 0.358 e. The van der Waals surface area contributed by atoms with Crippen LogP contribution in [0.4, 0.5) is 0 Å². The van der Waals surface area contributed by atoms with E-state index >= 15 is 0 Å². The summed E-state index contributed by atoms with van der Waals surface area (Å²) in [6.45, 7) is 0. The van der Waals surface area contributed by atoms with Crippen molar-refractivity contribution < 1.29 is 22.6 Å². The molecule has 0 aliphatic rings. The van der Waals surface area contributed by atoms with Crippen molar-refractivity contribution in [3.63, 3.8) is 0 Å². The molecular weight excluding hydrogens is 234 g/mol. The van der Waals surface area contributed by atoms with Crippen molar-refractivity contribution in [3.8, 4) is 0 Å². The molecule has 1 aromatic rings. The van der Waals surface area contributed by atoms with Crippen LogP contribution in [0.1, 0.15) is 5.56 Å². The van der Waals surface area contributed by atoms with Gasteiger partial charge in [0.1, 0.15) is 0 Å².